The normalized spacial score (nSPS) is 17.2. The lowest BCUT2D eigenvalue weighted by molar-refractivity contribution is 0.394. The van der Waals surface area contributed by atoms with Gasteiger partial charge in [-0.25, -0.2) is 4.98 Å². The van der Waals surface area contributed by atoms with Gasteiger partial charge in [-0.05, 0) is 31.0 Å². The fourth-order valence-corrected chi connectivity index (χ4v) is 4.00. The average molecular weight is 395 g/mol. The number of halogens is 1. The lowest BCUT2D eigenvalue weighted by Crippen LogP contribution is -2.59. The summed E-state index contributed by atoms with van der Waals surface area (Å²) in [7, 11) is 1.98. The Hall–Kier alpha value is -2.92. The minimum absolute atomic E-state index is 0.280. The molecule has 9 heteroatoms. The lowest BCUT2D eigenvalue weighted by atomic mass is 9.85. The molecule has 142 valence electrons. The maximum absolute atomic E-state index is 8.96. The Morgan fingerprint density at radius 3 is 2.75 bits per heavy atom. The van der Waals surface area contributed by atoms with Crippen molar-refractivity contribution in [2.24, 2.45) is 0 Å². The van der Waals surface area contributed by atoms with Crippen LogP contribution in [0.15, 0.2) is 24.4 Å². The quantitative estimate of drug-likeness (QED) is 0.672. The van der Waals surface area contributed by atoms with Gasteiger partial charge in [-0.3, -0.25) is 0 Å². The van der Waals surface area contributed by atoms with E-state index in [2.05, 4.69) is 31.1 Å². The molecule has 0 aromatic carbocycles. The Morgan fingerprint density at radius 1 is 1.25 bits per heavy atom. The summed E-state index contributed by atoms with van der Waals surface area (Å²) in [6, 6.07) is 7.97. The first kappa shape index (κ1) is 17.2. The lowest BCUT2D eigenvalue weighted by Gasteiger charge is -2.45. The molecule has 0 spiro atoms. The van der Waals surface area contributed by atoms with Crippen LogP contribution in [0.1, 0.15) is 36.6 Å². The third-order valence-corrected chi connectivity index (χ3v) is 6.04. The van der Waals surface area contributed by atoms with Crippen molar-refractivity contribution < 1.29 is 0 Å². The minimum atomic E-state index is 0.280. The highest BCUT2D eigenvalue weighted by molar-refractivity contribution is 6.33. The van der Waals surface area contributed by atoms with E-state index in [1.54, 1.807) is 12.3 Å². The van der Waals surface area contributed by atoms with Crippen LogP contribution in [0, 0.1) is 11.3 Å². The van der Waals surface area contributed by atoms with Gasteiger partial charge in [-0.15, -0.1) is 15.3 Å². The predicted octanol–water partition coefficient (Wildman–Crippen LogP) is 2.64. The van der Waals surface area contributed by atoms with Gasteiger partial charge < -0.3 is 9.80 Å². The number of anilines is 2. The zero-order chi connectivity index (χ0) is 19.3. The average Bonchev–Trinajstić information content (AvgIpc) is 3.02. The monoisotopic (exact) mass is 394 g/mol. The molecule has 1 saturated carbocycles. The Labute approximate surface area is 167 Å². The number of fused-ring (bicyclic) bond motifs is 1. The minimum Gasteiger partial charge on any atom is -0.352 e. The second-order valence-corrected chi connectivity index (χ2v) is 7.87. The first-order chi connectivity index (χ1) is 13.6. The molecule has 28 heavy (non-hydrogen) atoms. The van der Waals surface area contributed by atoms with E-state index in [1.807, 2.05) is 23.7 Å². The van der Waals surface area contributed by atoms with Crippen molar-refractivity contribution >= 4 is 28.9 Å². The third kappa shape index (κ3) is 2.74. The molecule has 0 atom stereocenters. The van der Waals surface area contributed by atoms with Gasteiger partial charge in [0, 0.05) is 32.3 Å². The van der Waals surface area contributed by atoms with Gasteiger partial charge in [-0.2, -0.15) is 9.78 Å². The highest BCUT2D eigenvalue weighted by Gasteiger charge is 2.33. The van der Waals surface area contributed by atoms with Crippen LogP contribution in [-0.2, 0) is 0 Å². The molecule has 2 fully saturated rings. The summed E-state index contributed by atoms with van der Waals surface area (Å²) in [4.78, 5) is 8.64. The number of pyridine rings is 1. The second kappa shape index (κ2) is 6.60. The fourth-order valence-electron chi connectivity index (χ4n) is 3.70. The van der Waals surface area contributed by atoms with Crippen LogP contribution in [-0.4, -0.2) is 51.0 Å². The summed E-state index contributed by atoms with van der Waals surface area (Å²) < 4.78 is 1.90. The van der Waals surface area contributed by atoms with E-state index in [0.29, 0.717) is 22.3 Å². The molecule has 1 saturated heterocycles. The number of nitriles is 1. The third-order valence-electron chi connectivity index (χ3n) is 5.76. The van der Waals surface area contributed by atoms with E-state index < -0.39 is 0 Å². The van der Waals surface area contributed by atoms with Crippen molar-refractivity contribution in [2.45, 2.75) is 31.2 Å². The number of aromatic nitrogens is 5. The fraction of sp³-hybridized carbons (Fsp3) is 0.421. The van der Waals surface area contributed by atoms with Gasteiger partial charge in [0.25, 0.3) is 0 Å². The van der Waals surface area contributed by atoms with Crippen molar-refractivity contribution in [3.05, 3.63) is 40.8 Å². The molecule has 1 aliphatic heterocycles. The number of rotatable bonds is 4. The van der Waals surface area contributed by atoms with Crippen LogP contribution < -0.4 is 9.80 Å². The number of hydrogen-bond acceptors (Lipinski definition) is 7. The molecule has 0 N–H and O–H groups in total. The van der Waals surface area contributed by atoms with Crippen LogP contribution in [0.25, 0.3) is 5.65 Å². The largest absolute Gasteiger partial charge is 0.352 e. The molecule has 0 unspecified atom stereocenters. The van der Waals surface area contributed by atoms with E-state index in [9.17, 15) is 0 Å². The van der Waals surface area contributed by atoms with Crippen molar-refractivity contribution in [2.75, 3.05) is 29.9 Å². The summed E-state index contributed by atoms with van der Waals surface area (Å²) in [6.45, 7) is 1.65. The maximum Gasteiger partial charge on any atom is 0.178 e. The Kier molecular flexibility index (Phi) is 4.05. The molecule has 5 rings (SSSR count). The number of hydrogen-bond donors (Lipinski definition) is 0. The predicted molar refractivity (Wildman–Crippen MR) is 106 cm³/mol. The van der Waals surface area contributed by atoms with Gasteiger partial charge in [0.2, 0.25) is 0 Å². The van der Waals surface area contributed by atoms with Crippen LogP contribution in [0.5, 0.6) is 0 Å². The molecule has 1 aliphatic carbocycles. The number of nitrogens with zero attached hydrogens (tertiary/aromatic N) is 8. The zero-order valence-corrected chi connectivity index (χ0v) is 16.2. The van der Waals surface area contributed by atoms with Crippen LogP contribution >= 0.6 is 11.6 Å². The van der Waals surface area contributed by atoms with Crippen LogP contribution in [0.2, 0.25) is 5.02 Å². The van der Waals surface area contributed by atoms with Gasteiger partial charge in [0.15, 0.2) is 11.5 Å². The Balaban J connectivity index is 1.32. The van der Waals surface area contributed by atoms with Gasteiger partial charge in [0.1, 0.15) is 17.7 Å². The van der Waals surface area contributed by atoms with Gasteiger partial charge in [-0.1, -0.05) is 18.0 Å². The molecule has 3 aromatic rings. The van der Waals surface area contributed by atoms with Crippen molar-refractivity contribution in [1.29, 1.82) is 5.26 Å². The van der Waals surface area contributed by atoms with E-state index in [1.165, 1.54) is 19.3 Å². The van der Waals surface area contributed by atoms with E-state index in [0.717, 1.165) is 30.4 Å². The SMILES string of the molecule is CN(c1ncc(C#N)cc1Cl)C1CN(c2ccc3nnc(C4CCC4)n3n2)C1. The Morgan fingerprint density at radius 2 is 2.07 bits per heavy atom. The molecule has 0 radical (unpaired) electrons. The molecule has 8 nitrogen and oxygen atoms in total. The van der Waals surface area contributed by atoms with E-state index in [4.69, 9.17) is 22.0 Å². The maximum atomic E-state index is 8.96. The van der Waals surface area contributed by atoms with Gasteiger partial charge in [0.05, 0.1) is 16.6 Å². The molecule has 2 aliphatic rings. The molecule has 0 bridgehead atoms. The summed E-state index contributed by atoms with van der Waals surface area (Å²) in [5, 5.41) is 22.8. The molecule has 4 heterocycles. The van der Waals surface area contributed by atoms with E-state index in [-0.39, 0.29) is 6.04 Å². The first-order valence-corrected chi connectivity index (χ1v) is 9.77. The topological polar surface area (TPSA) is 86.2 Å². The molecular formula is C19H19ClN8. The standard InChI is InChI=1S/C19H19ClN8/c1-26(19-15(20)7-12(8-21)9-22-19)14-10-27(11-14)17-6-5-16-23-24-18(28(16)25-17)13-3-2-4-13/h5-7,9,13-14H,2-4,10-11H2,1H3. The van der Waals surface area contributed by atoms with Crippen LogP contribution in [0.4, 0.5) is 11.6 Å². The first-order valence-electron chi connectivity index (χ1n) is 9.40. The highest BCUT2D eigenvalue weighted by Crippen LogP contribution is 2.35. The molecular weight excluding hydrogens is 376 g/mol. The Bertz CT molecular complexity index is 1080. The van der Waals surface area contributed by atoms with Crippen molar-refractivity contribution in [3.63, 3.8) is 0 Å². The number of likely N-dealkylation sites (N-methyl/N-ethyl adjacent to an activating group) is 1. The summed E-state index contributed by atoms with van der Waals surface area (Å²) in [6.07, 6.45) is 5.15. The van der Waals surface area contributed by atoms with Crippen LogP contribution in [0.3, 0.4) is 0 Å². The summed E-state index contributed by atoms with van der Waals surface area (Å²) in [5.41, 5.74) is 1.26. The van der Waals surface area contributed by atoms with Gasteiger partial charge >= 0.3 is 0 Å². The molecule has 3 aromatic heterocycles. The highest BCUT2D eigenvalue weighted by atomic mass is 35.5. The van der Waals surface area contributed by atoms with E-state index >= 15 is 0 Å². The molecule has 0 amide bonds. The summed E-state index contributed by atoms with van der Waals surface area (Å²) in [5.74, 6) is 3.08. The zero-order valence-electron chi connectivity index (χ0n) is 15.5. The van der Waals surface area contributed by atoms with Crippen molar-refractivity contribution in [3.8, 4) is 6.07 Å². The second-order valence-electron chi connectivity index (χ2n) is 7.46. The van der Waals surface area contributed by atoms with Crippen molar-refractivity contribution in [1.82, 2.24) is 24.8 Å². The smallest absolute Gasteiger partial charge is 0.178 e. The summed E-state index contributed by atoms with van der Waals surface area (Å²) >= 11 is 6.30.